The second kappa shape index (κ2) is 4.99. The molecule has 92 valence electrons. The van der Waals surface area contributed by atoms with Crippen molar-refractivity contribution in [2.24, 2.45) is 0 Å². The number of benzene rings is 1. The summed E-state index contributed by atoms with van der Waals surface area (Å²) in [7, 11) is 0. The summed E-state index contributed by atoms with van der Waals surface area (Å²) in [6.45, 7) is 3.62. The fourth-order valence-electron chi connectivity index (χ4n) is 2.99. The van der Waals surface area contributed by atoms with Gasteiger partial charge in [0.05, 0.1) is 0 Å². The summed E-state index contributed by atoms with van der Waals surface area (Å²) >= 11 is 0. The Morgan fingerprint density at radius 3 is 2.59 bits per heavy atom. The van der Waals surface area contributed by atoms with Gasteiger partial charge in [-0.25, -0.2) is 0 Å². The van der Waals surface area contributed by atoms with Crippen molar-refractivity contribution in [3.63, 3.8) is 0 Å². The third kappa shape index (κ3) is 2.41. The molecular weight excluding hydrogens is 208 g/mol. The number of hydrogen-bond acceptors (Lipinski definition) is 2. The normalized spacial score (nSPS) is 20.4. The number of anilines is 2. The van der Waals surface area contributed by atoms with Crippen LogP contribution in [0.15, 0.2) is 18.2 Å². The monoisotopic (exact) mass is 230 g/mol. The van der Waals surface area contributed by atoms with E-state index in [1.165, 1.54) is 68.6 Å². The molecule has 1 aromatic carbocycles. The molecule has 0 aliphatic carbocycles. The van der Waals surface area contributed by atoms with E-state index in [2.05, 4.69) is 28.4 Å². The minimum absolute atomic E-state index is 1.13. The lowest BCUT2D eigenvalue weighted by atomic mass is 10.0. The average Bonchev–Trinajstić information content (AvgIpc) is 2.67. The lowest BCUT2D eigenvalue weighted by Gasteiger charge is -2.25. The van der Waals surface area contributed by atoms with Crippen LogP contribution in [0.3, 0.4) is 0 Å². The summed E-state index contributed by atoms with van der Waals surface area (Å²) < 4.78 is 0. The van der Waals surface area contributed by atoms with Crippen molar-refractivity contribution in [1.29, 1.82) is 0 Å². The van der Waals surface area contributed by atoms with Gasteiger partial charge in [-0.2, -0.15) is 0 Å². The van der Waals surface area contributed by atoms with Crippen LogP contribution in [0.4, 0.5) is 11.4 Å². The predicted molar refractivity (Wildman–Crippen MR) is 73.9 cm³/mol. The van der Waals surface area contributed by atoms with E-state index in [0.29, 0.717) is 0 Å². The second-order valence-electron chi connectivity index (χ2n) is 5.27. The molecule has 1 aromatic rings. The van der Waals surface area contributed by atoms with Gasteiger partial charge in [0.15, 0.2) is 0 Å². The molecule has 0 atom stereocenters. The number of nitrogens with one attached hydrogen (secondary N) is 1. The highest BCUT2D eigenvalue weighted by molar-refractivity contribution is 5.61. The quantitative estimate of drug-likeness (QED) is 0.795. The van der Waals surface area contributed by atoms with Crippen LogP contribution in [0.25, 0.3) is 0 Å². The lowest BCUT2D eigenvalue weighted by molar-refractivity contribution is 0.726. The van der Waals surface area contributed by atoms with E-state index < -0.39 is 0 Å². The topological polar surface area (TPSA) is 15.3 Å². The van der Waals surface area contributed by atoms with E-state index in [9.17, 15) is 0 Å². The number of nitrogens with zero attached hydrogens (tertiary/aromatic N) is 1. The van der Waals surface area contributed by atoms with Crippen molar-refractivity contribution in [2.75, 3.05) is 29.9 Å². The van der Waals surface area contributed by atoms with Gasteiger partial charge in [-0.3, -0.25) is 0 Å². The molecule has 2 heterocycles. The Morgan fingerprint density at radius 1 is 0.941 bits per heavy atom. The van der Waals surface area contributed by atoms with Crippen LogP contribution in [0.2, 0.25) is 0 Å². The van der Waals surface area contributed by atoms with Crippen LogP contribution in [0.5, 0.6) is 0 Å². The molecule has 1 fully saturated rings. The van der Waals surface area contributed by atoms with Gasteiger partial charge in [0.1, 0.15) is 0 Å². The smallest absolute Gasteiger partial charge is 0.0374 e. The maximum Gasteiger partial charge on any atom is 0.0374 e. The fraction of sp³-hybridized carbons (Fsp3) is 0.600. The van der Waals surface area contributed by atoms with E-state index in [1.807, 2.05) is 0 Å². The van der Waals surface area contributed by atoms with Crippen molar-refractivity contribution in [3.05, 3.63) is 23.8 Å². The Balaban J connectivity index is 1.82. The maximum atomic E-state index is 3.49. The SMILES string of the molecule is c1cc2c(cc1N1CCCCCC1)CCCN2. The van der Waals surface area contributed by atoms with Gasteiger partial charge in [-0.15, -0.1) is 0 Å². The predicted octanol–water partition coefficient (Wildman–Crippen LogP) is 3.43. The Labute approximate surface area is 104 Å². The minimum Gasteiger partial charge on any atom is -0.385 e. The molecule has 0 radical (unpaired) electrons. The molecule has 1 saturated heterocycles. The van der Waals surface area contributed by atoms with Crippen LogP contribution >= 0.6 is 0 Å². The molecule has 0 spiro atoms. The Hall–Kier alpha value is -1.18. The van der Waals surface area contributed by atoms with Crippen molar-refractivity contribution in [3.8, 4) is 0 Å². The number of aryl methyl sites for hydroxylation is 1. The van der Waals surface area contributed by atoms with Crippen LogP contribution in [0.1, 0.15) is 37.7 Å². The molecule has 0 unspecified atom stereocenters. The van der Waals surface area contributed by atoms with Crippen LogP contribution < -0.4 is 10.2 Å². The molecule has 0 aromatic heterocycles. The first-order chi connectivity index (χ1) is 8.43. The van der Waals surface area contributed by atoms with Gasteiger partial charge in [-0.1, -0.05) is 12.8 Å². The molecule has 2 aliphatic heterocycles. The first kappa shape index (κ1) is 10.9. The van der Waals surface area contributed by atoms with E-state index in [0.717, 1.165) is 6.54 Å². The molecule has 3 rings (SSSR count). The van der Waals surface area contributed by atoms with Crippen molar-refractivity contribution >= 4 is 11.4 Å². The Kier molecular flexibility index (Phi) is 3.21. The fourth-order valence-corrected chi connectivity index (χ4v) is 2.99. The minimum atomic E-state index is 1.13. The molecular formula is C15H22N2. The highest BCUT2D eigenvalue weighted by atomic mass is 15.1. The molecule has 2 heteroatoms. The van der Waals surface area contributed by atoms with Crippen molar-refractivity contribution < 1.29 is 0 Å². The van der Waals surface area contributed by atoms with E-state index in [-0.39, 0.29) is 0 Å². The largest absolute Gasteiger partial charge is 0.385 e. The van der Waals surface area contributed by atoms with Crippen LogP contribution in [0, 0.1) is 0 Å². The first-order valence-corrected chi connectivity index (χ1v) is 7.05. The summed E-state index contributed by atoms with van der Waals surface area (Å²) in [5.41, 5.74) is 4.31. The van der Waals surface area contributed by atoms with Crippen LogP contribution in [-0.4, -0.2) is 19.6 Å². The highest BCUT2D eigenvalue weighted by Crippen LogP contribution is 2.28. The molecule has 1 N–H and O–H groups in total. The van der Waals surface area contributed by atoms with Gasteiger partial charge >= 0.3 is 0 Å². The van der Waals surface area contributed by atoms with Crippen molar-refractivity contribution in [1.82, 2.24) is 0 Å². The van der Waals surface area contributed by atoms with Gasteiger partial charge in [0.2, 0.25) is 0 Å². The van der Waals surface area contributed by atoms with E-state index >= 15 is 0 Å². The standard InChI is InChI=1S/C15H22N2/c1-2-4-11-17(10-3-1)14-7-8-15-13(12-14)6-5-9-16-15/h7-8,12,16H,1-6,9-11H2. The van der Waals surface area contributed by atoms with Crippen LogP contribution in [-0.2, 0) is 6.42 Å². The summed E-state index contributed by atoms with van der Waals surface area (Å²) in [6.07, 6.45) is 8.04. The van der Waals surface area contributed by atoms with Gasteiger partial charge in [0.25, 0.3) is 0 Å². The number of fused-ring (bicyclic) bond motifs is 1. The molecule has 17 heavy (non-hydrogen) atoms. The zero-order valence-electron chi connectivity index (χ0n) is 10.5. The second-order valence-corrected chi connectivity index (χ2v) is 5.27. The molecule has 2 aliphatic rings. The summed E-state index contributed by atoms with van der Waals surface area (Å²) in [6, 6.07) is 6.98. The van der Waals surface area contributed by atoms with Gasteiger partial charge in [-0.05, 0) is 49.4 Å². The third-order valence-electron chi connectivity index (χ3n) is 4.00. The Morgan fingerprint density at radius 2 is 1.76 bits per heavy atom. The maximum absolute atomic E-state index is 3.49. The van der Waals surface area contributed by atoms with Gasteiger partial charge < -0.3 is 10.2 Å². The third-order valence-corrected chi connectivity index (χ3v) is 4.00. The van der Waals surface area contributed by atoms with E-state index in [4.69, 9.17) is 0 Å². The molecule has 0 saturated carbocycles. The summed E-state index contributed by atoms with van der Waals surface area (Å²) in [5.74, 6) is 0. The summed E-state index contributed by atoms with van der Waals surface area (Å²) in [5, 5.41) is 3.49. The number of hydrogen-bond donors (Lipinski definition) is 1. The van der Waals surface area contributed by atoms with Gasteiger partial charge in [0, 0.05) is 31.0 Å². The molecule has 0 bridgehead atoms. The average molecular weight is 230 g/mol. The number of rotatable bonds is 1. The highest BCUT2D eigenvalue weighted by Gasteiger charge is 2.13. The lowest BCUT2D eigenvalue weighted by Crippen LogP contribution is -2.24. The van der Waals surface area contributed by atoms with Crippen molar-refractivity contribution in [2.45, 2.75) is 38.5 Å². The first-order valence-electron chi connectivity index (χ1n) is 7.05. The molecule has 2 nitrogen and oxygen atoms in total. The summed E-state index contributed by atoms with van der Waals surface area (Å²) in [4.78, 5) is 2.57. The zero-order valence-corrected chi connectivity index (χ0v) is 10.5. The zero-order chi connectivity index (χ0) is 11.5. The van der Waals surface area contributed by atoms with E-state index in [1.54, 1.807) is 0 Å². The Bertz CT molecular complexity index is 379. The molecule has 0 amide bonds.